The molecule has 27 heavy (non-hydrogen) atoms. The van der Waals surface area contributed by atoms with Gasteiger partial charge in [-0.15, -0.1) is 0 Å². The summed E-state index contributed by atoms with van der Waals surface area (Å²) in [4.78, 5) is 36.6. The van der Waals surface area contributed by atoms with Crippen LogP contribution in [0.4, 0.5) is 5.82 Å². The van der Waals surface area contributed by atoms with Crippen LogP contribution in [0.1, 0.15) is 49.5 Å². The van der Waals surface area contributed by atoms with E-state index >= 15 is 0 Å². The minimum atomic E-state index is -0.267. The van der Waals surface area contributed by atoms with Crippen molar-refractivity contribution in [1.29, 1.82) is 0 Å². The quantitative estimate of drug-likeness (QED) is 0.859. The fourth-order valence-corrected chi connectivity index (χ4v) is 3.96. The number of hydrogen-bond acceptors (Lipinski definition) is 6. The van der Waals surface area contributed by atoms with E-state index in [0.717, 1.165) is 50.5 Å². The van der Waals surface area contributed by atoms with Crippen LogP contribution >= 0.6 is 0 Å². The summed E-state index contributed by atoms with van der Waals surface area (Å²) in [5, 5.41) is 2.25. The van der Waals surface area contributed by atoms with E-state index in [1.807, 2.05) is 4.90 Å². The lowest BCUT2D eigenvalue weighted by atomic mass is 9.93. The van der Waals surface area contributed by atoms with Crippen molar-refractivity contribution in [1.82, 2.24) is 20.0 Å². The Morgan fingerprint density at radius 2 is 1.93 bits per heavy atom. The van der Waals surface area contributed by atoms with Crippen LogP contribution < -0.4 is 10.5 Å². The van der Waals surface area contributed by atoms with Gasteiger partial charge in [0.1, 0.15) is 17.9 Å². The molecule has 1 amide bonds. The maximum atomic E-state index is 12.4. The maximum absolute atomic E-state index is 12.4. The third kappa shape index (κ3) is 4.20. The monoisotopic (exact) mass is 371 g/mol. The number of carbonyl (C=O) groups excluding carboxylic acids is 1. The van der Waals surface area contributed by atoms with Crippen LogP contribution in [0.2, 0.25) is 0 Å². The molecule has 2 aromatic rings. The first-order chi connectivity index (χ1) is 13.2. The van der Waals surface area contributed by atoms with Gasteiger partial charge in [-0.05, 0) is 25.7 Å². The van der Waals surface area contributed by atoms with Crippen molar-refractivity contribution in [2.24, 2.45) is 0 Å². The lowest BCUT2D eigenvalue weighted by molar-refractivity contribution is -0.132. The molecule has 0 radical (unpaired) electrons. The van der Waals surface area contributed by atoms with Crippen molar-refractivity contribution in [3.63, 3.8) is 0 Å². The number of aromatic amines is 1. The number of rotatable bonds is 5. The fraction of sp³-hybridized carbons (Fsp3) is 0.579. The molecule has 8 heteroatoms. The van der Waals surface area contributed by atoms with E-state index < -0.39 is 0 Å². The molecule has 0 atom stereocenters. The van der Waals surface area contributed by atoms with Gasteiger partial charge in [-0.1, -0.05) is 0 Å². The predicted octanol–water partition coefficient (Wildman–Crippen LogP) is 1.70. The van der Waals surface area contributed by atoms with Crippen molar-refractivity contribution in [3.05, 3.63) is 40.3 Å². The number of aromatic nitrogens is 3. The van der Waals surface area contributed by atoms with Crippen LogP contribution in [-0.2, 0) is 11.2 Å². The van der Waals surface area contributed by atoms with Gasteiger partial charge < -0.3 is 14.3 Å². The summed E-state index contributed by atoms with van der Waals surface area (Å²) in [5.41, 5.74) is 0.824. The third-order valence-corrected chi connectivity index (χ3v) is 5.53. The Bertz CT molecular complexity index is 832. The number of aryl methyl sites for hydroxylation is 1. The van der Waals surface area contributed by atoms with Gasteiger partial charge in [0.2, 0.25) is 5.91 Å². The lowest BCUT2D eigenvalue weighted by Crippen LogP contribution is -2.38. The van der Waals surface area contributed by atoms with E-state index in [9.17, 15) is 9.59 Å². The van der Waals surface area contributed by atoms with E-state index in [0.29, 0.717) is 24.5 Å². The molecule has 1 N–H and O–H groups in total. The molecule has 2 aliphatic rings. The maximum Gasteiger partial charge on any atom is 0.280 e. The molecule has 2 saturated heterocycles. The molecule has 0 spiro atoms. The van der Waals surface area contributed by atoms with Crippen LogP contribution in [-0.4, -0.2) is 52.1 Å². The first-order valence-corrected chi connectivity index (χ1v) is 9.71. The first kappa shape index (κ1) is 17.8. The Labute approximate surface area is 157 Å². The van der Waals surface area contributed by atoms with Crippen LogP contribution in [0.25, 0.3) is 0 Å². The molecule has 0 saturated carbocycles. The molecule has 4 rings (SSSR count). The van der Waals surface area contributed by atoms with E-state index in [2.05, 4.69) is 26.1 Å². The lowest BCUT2D eigenvalue weighted by Gasteiger charge is -2.32. The van der Waals surface area contributed by atoms with Gasteiger partial charge in [0, 0.05) is 62.8 Å². The fourth-order valence-electron chi connectivity index (χ4n) is 3.96. The molecule has 0 aromatic carbocycles. The highest BCUT2D eigenvalue weighted by atomic mass is 16.5. The topological polar surface area (TPSA) is 95.3 Å². The van der Waals surface area contributed by atoms with Gasteiger partial charge >= 0.3 is 0 Å². The van der Waals surface area contributed by atoms with E-state index in [4.69, 9.17) is 4.52 Å². The summed E-state index contributed by atoms with van der Waals surface area (Å²) < 4.78 is 5.00. The van der Waals surface area contributed by atoms with Crippen molar-refractivity contribution in [2.75, 3.05) is 31.1 Å². The average molecular weight is 371 g/mol. The highest BCUT2D eigenvalue weighted by molar-refractivity contribution is 5.76. The normalized spacial score (nSPS) is 18.2. The number of hydrogen-bond donors (Lipinski definition) is 1. The summed E-state index contributed by atoms with van der Waals surface area (Å²) in [6.45, 7) is 3.63. The van der Waals surface area contributed by atoms with Crippen LogP contribution in [0.15, 0.2) is 27.8 Å². The summed E-state index contributed by atoms with van der Waals surface area (Å²) in [6, 6.07) is 3.52. The number of nitrogens with one attached hydrogen (secondary N) is 1. The zero-order valence-electron chi connectivity index (χ0n) is 15.4. The molecule has 2 aliphatic heterocycles. The van der Waals surface area contributed by atoms with Crippen LogP contribution in [0.3, 0.4) is 0 Å². The molecule has 0 unspecified atom stereocenters. The largest absolute Gasteiger partial charge is 0.384 e. The third-order valence-electron chi connectivity index (χ3n) is 5.53. The molecular formula is C19H25N5O3. The van der Waals surface area contributed by atoms with Gasteiger partial charge in [-0.2, -0.15) is 5.16 Å². The molecule has 144 valence electrons. The van der Waals surface area contributed by atoms with Crippen molar-refractivity contribution in [3.8, 4) is 0 Å². The Kier molecular flexibility index (Phi) is 5.22. The van der Waals surface area contributed by atoms with Crippen LogP contribution in [0.5, 0.6) is 0 Å². The number of likely N-dealkylation sites (tertiary alicyclic amines) is 1. The Hall–Kier alpha value is -2.64. The van der Waals surface area contributed by atoms with Crippen molar-refractivity contribution in [2.45, 2.75) is 44.4 Å². The smallest absolute Gasteiger partial charge is 0.280 e. The second-order valence-electron chi connectivity index (χ2n) is 7.33. The number of anilines is 1. The summed E-state index contributed by atoms with van der Waals surface area (Å²) in [7, 11) is 0. The van der Waals surface area contributed by atoms with E-state index in [1.54, 1.807) is 6.33 Å². The van der Waals surface area contributed by atoms with Crippen LogP contribution in [0, 0.1) is 0 Å². The van der Waals surface area contributed by atoms with Gasteiger partial charge in [-0.25, -0.2) is 9.97 Å². The number of piperidine rings is 1. The number of carbonyl (C=O) groups is 1. The van der Waals surface area contributed by atoms with Crippen molar-refractivity contribution < 1.29 is 9.32 Å². The Morgan fingerprint density at radius 1 is 1.15 bits per heavy atom. The van der Waals surface area contributed by atoms with E-state index in [1.165, 1.54) is 18.9 Å². The second-order valence-corrected chi connectivity index (χ2v) is 7.33. The Balaban J connectivity index is 1.30. The number of amides is 1. The zero-order chi connectivity index (χ0) is 18.6. The highest BCUT2D eigenvalue weighted by Crippen LogP contribution is 2.29. The molecule has 2 aromatic heterocycles. The van der Waals surface area contributed by atoms with Gasteiger partial charge in [0.25, 0.3) is 5.56 Å². The van der Waals surface area contributed by atoms with Crippen molar-refractivity contribution >= 4 is 11.7 Å². The molecular weight excluding hydrogens is 346 g/mol. The summed E-state index contributed by atoms with van der Waals surface area (Å²) in [5.74, 6) is 2.04. The van der Waals surface area contributed by atoms with Gasteiger partial charge in [0.05, 0.1) is 0 Å². The average Bonchev–Trinajstić information content (AvgIpc) is 3.38. The SMILES string of the molecule is O=C(CCc1cc(=O)[nH]o1)N1CCC(c2cc(N3CCCC3)ncn2)CC1. The van der Waals surface area contributed by atoms with Gasteiger partial charge in [-0.3, -0.25) is 9.59 Å². The molecule has 0 aliphatic carbocycles. The number of H-pyrrole nitrogens is 1. The minimum absolute atomic E-state index is 0.109. The van der Waals surface area contributed by atoms with E-state index in [-0.39, 0.29) is 11.5 Å². The Morgan fingerprint density at radius 3 is 2.63 bits per heavy atom. The molecule has 0 bridgehead atoms. The predicted molar refractivity (Wildman–Crippen MR) is 99.7 cm³/mol. The molecule has 2 fully saturated rings. The zero-order valence-corrected chi connectivity index (χ0v) is 15.4. The van der Waals surface area contributed by atoms with Gasteiger partial charge in [0.15, 0.2) is 0 Å². The first-order valence-electron chi connectivity index (χ1n) is 9.71. The molecule has 8 nitrogen and oxygen atoms in total. The standard InChI is InChI=1S/C19H25N5O3/c25-18-11-15(27-22-18)3-4-19(26)24-9-5-14(6-10-24)16-12-17(21-13-20-16)23-7-1-2-8-23/h11-14H,1-10H2,(H,22,25). The summed E-state index contributed by atoms with van der Waals surface area (Å²) >= 11 is 0. The summed E-state index contributed by atoms with van der Waals surface area (Å²) in [6.07, 6.45) is 6.77. The second kappa shape index (κ2) is 7.94. The highest BCUT2D eigenvalue weighted by Gasteiger charge is 2.25. The number of nitrogens with zero attached hydrogens (tertiary/aromatic N) is 4. The minimum Gasteiger partial charge on any atom is -0.384 e. The molecule has 4 heterocycles.